The first-order valence-corrected chi connectivity index (χ1v) is 12.0. The number of aryl methyl sites for hydroxylation is 1. The quantitative estimate of drug-likeness (QED) is 0.635. The van der Waals surface area contributed by atoms with Crippen molar-refractivity contribution in [2.75, 3.05) is 5.75 Å². The predicted molar refractivity (Wildman–Crippen MR) is 121 cm³/mol. The summed E-state index contributed by atoms with van der Waals surface area (Å²) in [5.41, 5.74) is 2.46. The van der Waals surface area contributed by atoms with Gasteiger partial charge in [0.25, 0.3) is 0 Å². The molecule has 1 N–H and O–H groups in total. The van der Waals surface area contributed by atoms with E-state index in [2.05, 4.69) is 5.32 Å². The minimum atomic E-state index is -0.754. The van der Waals surface area contributed by atoms with Crippen LogP contribution in [0.3, 0.4) is 0 Å². The van der Waals surface area contributed by atoms with Crippen LogP contribution in [0.25, 0.3) is 5.69 Å². The van der Waals surface area contributed by atoms with Crippen molar-refractivity contribution in [1.29, 1.82) is 0 Å². The molecule has 0 radical (unpaired) electrons. The molecule has 3 heterocycles. The summed E-state index contributed by atoms with van der Waals surface area (Å²) in [5, 5.41) is 8.84. The lowest BCUT2D eigenvalue weighted by Gasteiger charge is -2.30. The highest BCUT2D eigenvalue weighted by molar-refractivity contribution is 8.00. The molecule has 3 aromatic rings. The molecule has 5 rings (SSSR count). The van der Waals surface area contributed by atoms with E-state index in [-0.39, 0.29) is 30.2 Å². The number of hydrogen-bond donors (Lipinski definition) is 1. The molecule has 2 aromatic heterocycles. The minimum Gasteiger partial charge on any atom is -0.467 e. The Morgan fingerprint density at radius 1 is 1.19 bits per heavy atom. The molecule has 2 amide bonds. The molecule has 2 aliphatic rings. The summed E-state index contributed by atoms with van der Waals surface area (Å²) in [4.78, 5) is 28.6. The zero-order valence-corrected chi connectivity index (χ0v) is 18.8. The van der Waals surface area contributed by atoms with Gasteiger partial charge in [-0.25, -0.2) is 4.68 Å². The topological polar surface area (TPSA) is 80.4 Å². The van der Waals surface area contributed by atoms with Crippen LogP contribution in [0.4, 0.5) is 0 Å². The number of fused-ring (bicyclic) bond motifs is 1. The van der Waals surface area contributed by atoms with E-state index in [1.54, 1.807) is 17.2 Å². The molecule has 0 spiro atoms. The lowest BCUT2D eigenvalue weighted by atomic mass is 10.0. The van der Waals surface area contributed by atoms with Crippen molar-refractivity contribution in [2.24, 2.45) is 0 Å². The van der Waals surface area contributed by atoms with Crippen molar-refractivity contribution in [2.45, 2.75) is 56.3 Å². The third-order valence-electron chi connectivity index (χ3n) is 6.16. The lowest BCUT2D eigenvalue weighted by Crippen LogP contribution is -2.45. The van der Waals surface area contributed by atoms with Crippen molar-refractivity contribution in [3.05, 3.63) is 65.7 Å². The van der Waals surface area contributed by atoms with Gasteiger partial charge in [0.05, 0.1) is 29.9 Å². The van der Waals surface area contributed by atoms with Crippen molar-refractivity contribution in [3.8, 4) is 5.69 Å². The van der Waals surface area contributed by atoms with Gasteiger partial charge in [0, 0.05) is 11.6 Å². The normalized spacial score (nSPS) is 19.1. The average Bonchev–Trinajstić information content (AvgIpc) is 3.54. The van der Waals surface area contributed by atoms with Crippen LogP contribution in [0.15, 0.2) is 58.2 Å². The van der Waals surface area contributed by atoms with E-state index in [0.717, 1.165) is 47.7 Å². The van der Waals surface area contributed by atoms with Gasteiger partial charge in [-0.1, -0.05) is 42.8 Å². The predicted octanol–water partition coefficient (Wildman–Crippen LogP) is 4.01. The Balaban J connectivity index is 1.59. The van der Waals surface area contributed by atoms with Crippen LogP contribution in [-0.4, -0.2) is 38.3 Å². The summed E-state index contributed by atoms with van der Waals surface area (Å²) in [6, 6.07) is 12.9. The second kappa shape index (κ2) is 8.86. The van der Waals surface area contributed by atoms with Gasteiger partial charge in [0.2, 0.25) is 11.8 Å². The molecule has 166 valence electrons. The highest BCUT2D eigenvalue weighted by Crippen LogP contribution is 2.39. The van der Waals surface area contributed by atoms with Crippen LogP contribution in [0.1, 0.15) is 48.7 Å². The molecule has 1 atom stereocenters. The minimum absolute atomic E-state index is 0.0896. The van der Waals surface area contributed by atoms with Crippen LogP contribution in [-0.2, 0) is 16.1 Å². The molecule has 1 aliphatic carbocycles. The molecule has 8 heteroatoms. The van der Waals surface area contributed by atoms with Crippen molar-refractivity contribution >= 4 is 23.6 Å². The standard InChI is InChI=1S/C24H26N4O3S/c1-16-21-22(23(30)25-17-8-5-6-9-17)27(14-19-12-7-13-31-19)20(29)15-32-24(21)28(26-16)18-10-3-2-4-11-18/h2-4,7,10-13,17,22H,5-6,8-9,14-15H2,1H3,(H,25,30). The average molecular weight is 451 g/mol. The first-order valence-electron chi connectivity index (χ1n) is 11.0. The number of nitrogens with zero attached hydrogens (tertiary/aromatic N) is 3. The largest absolute Gasteiger partial charge is 0.467 e. The van der Waals surface area contributed by atoms with E-state index >= 15 is 0 Å². The van der Waals surface area contributed by atoms with Crippen LogP contribution >= 0.6 is 11.8 Å². The lowest BCUT2D eigenvalue weighted by molar-refractivity contribution is -0.140. The van der Waals surface area contributed by atoms with E-state index in [4.69, 9.17) is 9.52 Å². The van der Waals surface area contributed by atoms with Crippen LogP contribution in [0.2, 0.25) is 0 Å². The SMILES string of the molecule is Cc1nn(-c2ccccc2)c2c1C(C(=O)NC1CCCC1)N(Cc1ccco1)C(=O)CS2. The van der Waals surface area contributed by atoms with E-state index in [0.29, 0.717) is 5.76 Å². The fourth-order valence-corrected chi connectivity index (χ4v) is 5.71. The summed E-state index contributed by atoms with van der Waals surface area (Å²) >= 11 is 1.44. The van der Waals surface area contributed by atoms with Gasteiger partial charge in [0.1, 0.15) is 16.8 Å². The van der Waals surface area contributed by atoms with E-state index in [9.17, 15) is 9.59 Å². The molecule has 1 fully saturated rings. The Labute approximate surface area is 191 Å². The van der Waals surface area contributed by atoms with Crippen molar-refractivity contribution < 1.29 is 14.0 Å². The van der Waals surface area contributed by atoms with E-state index in [1.165, 1.54) is 11.8 Å². The Kier molecular flexibility index (Phi) is 5.78. The van der Waals surface area contributed by atoms with Crippen molar-refractivity contribution in [3.63, 3.8) is 0 Å². The van der Waals surface area contributed by atoms with Crippen LogP contribution in [0, 0.1) is 6.92 Å². The maximum Gasteiger partial charge on any atom is 0.247 e. The van der Waals surface area contributed by atoms with Crippen molar-refractivity contribution in [1.82, 2.24) is 20.0 Å². The second-order valence-electron chi connectivity index (χ2n) is 8.33. The fourth-order valence-electron chi connectivity index (χ4n) is 4.60. The molecular weight excluding hydrogens is 424 g/mol. The smallest absolute Gasteiger partial charge is 0.247 e. The number of thioether (sulfide) groups is 1. The number of carbonyl (C=O) groups is 2. The van der Waals surface area contributed by atoms with Gasteiger partial charge in [-0.05, 0) is 44.0 Å². The first-order chi connectivity index (χ1) is 15.6. The molecule has 1 unspecified atom stereocenters. The number of rotatable bonds is 5. The second-order valence-corrected chi connectivity index (χ2v) is 9.30. The summed E-state index contributed by atoms with van der Waals surface area (Å²) in [6.07, 6.45) is 5.79. The third-order valence-corrected chi connectivity index (χ3v) is 7.21. The monoisotopic (exact) mass is 450 g/mol. The molecule has 7 nitrogen and oxygen atoms in total. The summed E-state index contributed by atoms with van der Waals surface area (Å²) in [7, 11) is 0. The number of aromatic nitrogens is 2. The zero-order chi connectivity index (χ0) is 22.1. The zero-order valence-electron chi connectivity index (χ0n) is 18.0. The fraction of sp³-hybridized carbons (Fsp3) is 0.375. The Morgan fingerprint density at radius 2 is 1.97 bits per heavy atom. The van der Waals surface area contributed by atoms with Gasteiger partial charge in [-0.2, -0.15) is 5.10 Å². The number of furan rings is 1. The Hall–Kier alpha value is -3.00. The molecule has 0 saturated heterocycles. The Morgan fingerprint density at radius 3 is 2.69 bits per heavy atom. The highest BCUT2D eigenvalue weighted by Gasteiger charge is 2.40. The van der Waals surface area contributed by atoms with Gasteiger partial charge < -0.3 is 14.6 Å². The molecule has 0 bridgehead atoms. The molecule has 1 aromatic carbocycles. The van der Waals surface area contributed by atoms with Gasteiger partial charge in [0.15, 0.2) is 0 Å². The van der Waals surface area contributed by atoms with E-state index < -0.39 is 6.04 Å². The first kappa shape index (κ1) is 20.9. The third kappa shape index (κ3) is 3.95. The maximum atomic E-state index is 13.7. The Bertz CT molecular complexity index is 1100. The molecule has 1 aliphatic heterocycles. The number of benzene rings is 1. The van der Waals surface area contributed by atoms with Gasteiger partial charge >= 0.3 is 0 Å². The summed E-state index contributed by atoms with van der Waals surface area (Å²) in [6.45, 7) is 2.15. The summed E-state index contributed by atoms with van der Waals surface area (Å²) < 4.78 is 7.38. The molecule has 1 saturated carbocycles. The van der Waals surface area contributed by atoms with E-state index in [1.807, 2.05) is 48.0 Å². The number of amides is 2. The van der Waals surface area contributed by atoms with Gasteiger partial charge in [-0.3, -0.25) is 9.59 Å². The number of hydrogen-bond acceptors (Lipinski definition) is 5. The highest BCUT2D eigenvalue weighted by atomic mass is 32.2. The van der Waals surface area contributed by atoms with Crippen LogP contribution < -0.4 is 5.32 Å². The molecule has 32 heavy (non-hydrogen) atoms. The number of nitrogens with one attached hydrogen (secondary N) is 1. The van der Waals surface area contributed by atoms with Crippen LogP contribution in [0.5, 0.6) is 0 Å². The number of carbonyl (C=O) groups excluding carboxylic acids is 2. The van der Waals surface area contributed by atoms with Gasteiger partial charge in [-0.15, -0.1) is 0 Å². The number of para-hydroxylation sites is 1. The summed E-state index contributed by atoms with van der Waals surface area (Å²) in [5.74, 6) is 0.654. The maximum absolute atomic E-state index is 13.7. The molecular formula is C24H26N4O3S.